The molecule has 2 N–H and O–H groups in total. The molecule has 1 heterocycles. The van der Waals surface area contributed by atoms with E-state index in [2.05, 4.69) is 20.5 Å². The number of rotatable bonds is 7. The van der Waals surface area contributed by atoms with E-state index in [4.69, 9.17) is 16.3 Å². The van der Waals surface area contributed by atoms with E-state index >= 15 is 0 Å². The van der Waals surface area contributed by atoms with Gasteiger partial charge < -0.3 is 10.1 Å². The highest BCUT2D eigenvalue weighted by Crippen LogP contribution is 2.29. The Hall–Kier alpha value is -3.11. The number of ether oxygens (including phenoxy) is 1. The predicted octanol–water partition coefficient (Wildman–Crippen LogP) is 3.77. The molecule has 0 fully saturated rings. The van der Waals surface area contributed by atoms with E-state index in [9.17, 15) is 14.9 Å². The fourth-order valence-electron chi connectivity index (χ4n) is 2.28. The quantitative estimate of drug-likeness (QED) is 0.339. The summed E-state index contributed by atoms with van der Waals surface area (Å²) in [5.74, 6) is 0.396. The van der Waals surface area contributed by atoms with Gasteiger partial charge in [-0.1, -0.05) is 23.4 Å². The van der Waals surface area contributed by atoms with E-state index in [1.54, 1.807) is 12.1 Å². The van der Waals surface area contributed by atoms with Gasteiger partial charge in [-0.05, 0) is 30.3 Å². The molecule has 28 heavy (non-hydrogen) atoms. The zero-order chi connectivity index (χ0) is 20.1. The molecule has 9 nitrogen and oxygen atoms in total. The Morgan fingerprint density at radius 3 is 2.75 bits per heavy atom. The van der Waals surface area contributed by atoms with Crippen LogP contribution in [0.3, 0.4) is 0 Å². The van der Waals surface area contributed by atoms with Gasteiger partial charge >= 0.3 is 5.69 Å². The zero-order valence-corrected chi connectivity index (χ0v) is 16.1. The number of H-pyrrole nitrogens is 1. The summed E-state index contributed by atoms with van der Waals surface area (Å²) >= 11 is 7.02. The molecule has 1 aromatic heterocycles. The molecule has 1 amide bonds. The lowest BCUT2D eigenvalue weighted by Crippen LogP contribution is -2.14. The van der Waals surface area contributed by atoms with Gasteiger partial charge in [0.25, 0.3) is 0 Å². The van der Waals surface area contributed by atoms with Crippen molar-refractivity contribution in [3.63, 3.8) is 0 Å². The van der Waals surface area contributed by atoms with Crippen molar-refractivity contribution in [3.8, 4) is 17.1 Å². The lowest BCUT2D eigenvalue weighted by Gasteiger charge is -2.07. The van der Waals surface area contributed by atoms with Gasteiger partial charge in [0, 0.05) is 28.4 Å². The largest absolute Gasteiger partial charge is 0.490 e. The standard InChI is InChI=1S/C17H14ClN5O4S/c1-27-14-8-12(6-7-13(14)23(25)26)19-15(24)9-28-17-20-16(21-22-17)10-2-4-11(18)5-3-10/h2-8H,9H2,1H3,(H,19,24)(H,20,21,22). The van der Waals surface area contributed by atoms with Crippen LogP contribution in [0.25, 0.3) is 11.4 Å². The molecule has 3 rings (SSSR count). The average molecular weight is 420 g/mol. The highest BCUT2D eigenvalue weighted by molar-refractivity contribution is 7.99. The van der Waals surface area contributed by atoms with Crippen LogP contribution in [0.1, 0.15) is 0 Å². The third-order valence-corrected chi connectivity index (χ3v) is 4.67. The summed E-state index contributed by atoms with van der Waals surface area (Å²) in [5, 5.41) is 21.5. The molecule has 144 valence electrons. The van der Waals surface area contributed by atoms with Gasteiger partial charge in [0.05, 0.1) is 17.8 Å². The van der Waals surface area contributed by atoms with Gasteiger partial charge in [-0.15, -0.1) is 5.10 Å². The van der Waals surface area contributed by atoms with Gasteiger partial charge in [0.1, 0.15) is 0 Å². The van der Waals surface area contributed by atoms with E-state index in [-0.39, 0.29) is 23.1 Å². The van der Waals surface area contributed by atoms with Crippen molar-refractivity contribution in [1.82, 2.24) is 15.2 Å². The number of hydrogen-bond donors (Lipinski definition) is 2. The second kappa shape index (κ2) is 8.72. The van der Waals surface area contributed by atoms with Crippen LogP contribution < -0.4 is 10.1 Å². The van der Waals surface area contributed by atoms with Crippen molar-refractivity contribution < 1.29 is 14.5 Å². The number of amides is 1. The van der Waals surface area contributed by atoms with E-state index < -0.39 is 4.92 Å². The van der Waals surface area contributed by atoms with Gasteiger partial charge in [-0.2, -0.15) is 0 Å². The number of hydrogen-bond acceptors (Lipinski definition) is 7. The first-order chi connectivity index (χ1) is 13.5. The van der Waals surface area contributed by atoms with Crippen molar-refractivity contribution in [2.24, 2.45) is 0 Å². The maximum absolute atomic E-state index is 12.1. The van der Waals surface area contributed by atoms with Crippen LogP contribution >= 0.6 is 23.4 Å². The fraction of sp³-hybridized carbons (Fsp3) is 0.118. The van der Waals surface area contributed by atoms with Crippen LogP contribution in [0, 0.1) is 10.1 Å². The monoisotopic (exact) mass is 419 g/mol. The summed E-state index contributed by atoms with van der Waals surface area (Å²) in [6.45, 7) is 0. The van der Waals surface area contributed by atoms with Crippen LogP contribution in [0.15, 0.2) is 47.6 Å². The fourth-order valence-corrected chi connectivity index (χ4v) is 3.01. The molecule has 0 spiro atoms. The number of nitrogens with zero attached hydrogens (tertiary/aromatic N) is 3. The van der Waals surface area contributed by atoms with Crippen LogP contribution in [-0.4, -0.2) is 38.9 Å². The third kappa shape index (κ3) is 4.78. The molecule has 0 saturated heterocycles. The Kier molecular flexibility index (Phi) is 6.12. The molecule has 0 aliphatic carbocycles. The number of aromatic nitrogens is 3. The average Bonchev–Trinajstić information content (AvgIpc) is 3.15. The molecular formula is C17H14ClN5O4S. The minimum Gasteiger partial charge on any atom is -0.490 e. The van der Waals surface area contributed by atoms with E-state index in [1.165, 1.54) is 25.3 Å². The van der Waals surface area contributed by atoms with Gasteiger partial charge in [0.15, 0.2) is 11.6 Å². The SMILES string of the molecule is COc1cc(NC(=O)CSc2n[nH]c(-c3ccc(Cl)cc3)n2)ccc1[N+](=O)[O-]. The normalized spacial score (nSPS) is 10.5. The number of benzene rings is 2. The number of thioether (sulfide) groups is 1. The second-order valence-electron chi connectivity index (χ2n) is 5.45. The summed E-state index contributed by atoms with van der Waals surface area (Å²) < 4.78 is 4.98. The molecule has 3 aromatic rings. The molecule has 11 heteroatoms. The lowest BCUT2D eigenvalue weighted by molar-refractivity contribution is -0.385. The number of nitro benzene ring substituents is 1. The Labute approximate surface area is 168 Å². The molecule has 0 saturated carbocycles. The minimum absolute atomic E-state index is 0.0667. The molecule has 0 radical (unpaired) electrons. The van der Waals surface area contributed by atoms with Crippen molar-refractivity contribution in [2.45, 2.75) is 5.16 Å². The maximum atomic E-state index is 12.1. The number of halogens is 1. The summed E-state index contributed by atoms with van der Waals surface area (Å²) in [5.41, 5.74) is 1.04. The van der Waals surface area contributed by atoms with E-state index in [0.717, 1.165) is 17.3 Å². The number of carbonyl (C=O) groups excluding carboxylic acids is 1. The summed E-state index contributed by atoms with van der Waals surface area (Å²) in [7, 11) is 1.32. The Bertz CT molecular complexity index is 1010. The summed E-state index contributed by atoms with van der Waals surface area (Å²) in [6, 6.07) is 11.2. The van der Waals surface area contributed by atoms with Crippen LogP contribution in [0.4, 0.5) is 11.4 Å². The lowest BCUT2D eigenvalue weighted by atomic mass is 10.2. The van der Waals surface area contributed by atoms with Crippen molar-refractivity contribution in [3.05, 3.63) is 57.6 Å². The maximum Gasteiger partial charge on any atom is 0.311 e. The molecular weight excluding hydrogens is 406 g/mol. The number of nitrogens with one attached hydrogen (secondary N) is 2. The first-order valence-electron chi connectivity index (χ1n) is 7.89. The molecule has 2 aromatic carbocycles. The van der Waals surface area contributed by atoms with E-state index in [1.807, 2.05) is 12.1 Å². The van der Waals surface area contributed by atoms with E-state index in [0.29, 0.717) is 21.7 Å². The van der Waals surface area contributed by atoms with Crippen LogP contribution in [-0.2, 0) is 4.79 Å². The predicted molar refractivity (Wildman–Crippen MR) is 106 cm³/mol. The molecule has 0 atom stereocenters. The van der Waals surface area contributed by atoms with Crippen LogP contribution in [0.2, 0.25) is 5.02 Å². The summed E-state index contributed by atoms with van der Waals surface area (Å²) in [6.07, 6.45) is 0. The minimum atomic E-state index is -0.554. The smallest absolute Gasteiger partial charge is 0.311 e. The van der Waals surface area contributed by atoms with Gasteiger partial charge in [-0.25, -0.2) is 4.98 Å². The third-order valence-electron chi connectivity index (χ3n) is 3.58. The molecule has 0 unspecified atom stereocenters. The highest BCUT2D eigenvalue weighted by atomic mass is 35.5. The number of anilines is 1. The number of nitro groups is 1. The van der Waals surface area contributed by atoms with Gasteiger partial charge in [-0.3, -0.25) is 20.0 Å². The van der Waals surface area contributed by atoms with Crippen molar-refractivity contribution in [1.29, 1.82) is 0 Å². The topological polar surface area (TPSA) is 123 Å². The van der Waals surface area contributed by atoms with Crippen molar-refractivity contribution >= 4 is 40.6 Å². The molecule has 0 aliphatic heterocycles. The molecule has 0 aliphatic rings. The highest BCUT2D eigenvalue weighted by Gasteiger charge is 2.16. The number of aromatic amines is 1. The summed E-state index contributed by atoms with van der Waals surface area (Å²) in [4.78, 5) is 26.8. The first kappa shape index (κ1) is 19.6. The molecule has 0 bridgehead atoms. The van der Waals surface area contributed by atoms with Crippen LogP contribution in [0.5, 0.6) is 5.75 Å². The number of carbonyl (C=O) groups is 1. The zero-order valence-electron chi connectivity index (χ0n) is 14.5. The Morgan fingerprint density at radius 2 is 2.07 bits per heavy atom. The first-order valence-corrected chi connectivity index (χ1v) is 9.26. The van der Waals surface area contributed by atoms with Crippen molar-refractivity contribution in [2.75, 3.05) is 18.2 Å². The van der Waals surface area contributed by atoms with Gasteiger partial charge in [0.2, 0.25) is 11.1 Å². The number of methoxy groups -OCH3 is 1. The second-order valence-corrected chi connectivity index (χ2v) is 6.83. The Balaban J connectivity index is 1.59. The Morgan fingerprint density at radius 1 is 1.32 bits per heavy atom.